The van der Waals surface area contributed by atoms with Crippen molar-refractivity contribution in [2.45, 2.75) is 32.9 Å². The van der Waals surface area contributed by atoms with E-state index in [1.807, 2.05) is 0 Å². The number of hydrogen-bond donors (Lipinski definition) is 2. The van der Waals surface area contributed by atoms with Gasteiger partial charge < -0.3 is 20.5 Å². The van der Waals surface area contributed by atoms with Gasteiger partial charge >= 0.3 is 11.9 Å². The van der Waals surface area contributed by atoms with Crippen molar-refractivity contribution in [3.8, 4) is 0 Å². The van der Waals surface area contributed by atoms with Gasteiger partial charge in [-0.1, -0.05) is 21.6 Å². The summed E-state index contributed by atoms with van der Waals surface area (Å²) in [6.45, 7) is 5.28. The third-order valence-corrected chi connectivity index (χ3v) is 4.55. The van der Waals surface area contributed by atoms with Crippen molar-refractivity contribution in [1.82, 2.24) is 5.32 Å². The number of nitrogens with one attached hydrogen (secondary N) is 1. The van der Waals surface area contributed by atoms with Crippen molar-refractivity contribution in [3.05, 3.63) is 0 Å². The van der Waals surface area contributed by atoms with Crippen LogP contribution in [0.1, 0.15) is 20.8 Å². The minimum Gasteiger partial charge on any atom is -0.465 e. The van der Waals surface area contributed by atoms with Gasteiger partial charge in [0.25, 0.3) is 0 Å². The van der Waals surface area contributed by atoms with Crippen molar-refractivity contribution >= 4 is 39.4 Å². The fraction of sp³-hybridized carbons (Fsp3) is 0.750. The van der Waals surface area contributed by atoms with Gasteiger partial charge in [-0.15, -0.1) is 0 Å². The van der Waals surface area contributed by atoms with Gasteiger partial charge in [0.15, 0.2) is 0 Å². The van der Waals surface area contributed by atoms with Gasteiger partial charge in [-0.05, 0) is 13.8 Å². The highest BCUT2D eigenvalue weighted by Crippen LogP contribution is 2.23. The molecule has 0 unspecified atom stereocenters. The van der Waals surface area contributed by atoms with Crippen LogP contribution in [0.2, 0.25) is 0 Å². The second-order valence-electron chi connectivity index (χ2n) is 3.93. The highest BCUT2D eigenvalue weighted by Gasteiger charge is 2.21. The molecule has 0 saturated heterocycles. The van der Waals surface area contributed by atoms with Crippen LogP contribution in [0.4, 0.5) is 0 Å². The van der Waals surface area contributed by atoms with Crippen LogP contribution >= 0.6 is 21.6 Å². The molecule has 2 atom stereocenters. The van der Waals surface area contributed by atoms with Crippen molar-refractivity contribution in [2.75, 3.05) is 24.7 Å². The Bertz CT molecular complexity index is 355. The van der Waals surface area contributed by atoms with Crippen LogP contribution in [0.3, 0.4) is 0 Å². The summed E-state index contributed by atoms with van der Waals surface area (Å²) in [5.41, 5.74) is 5.64. The number of rotatable bonds is 10. The lowest BCUT2D eigenvalue weighted by Gasteiger charge is -2.16. The maximum Gasteiger partial charge on any atom is 0.329 e. The second-order valence-corrected chi connectivity index (χ2v) is 6.49. The smallest absolute Gasteiger partial charge is 0.329 e. The normalized spacial score (nSPS) is 13.1. The van der Waals surface area contributed by atoms with Crippen LogP contribution in [0.25, 0.3) is 0 Å². The Balaban J connectivity index is 4.10. The minimum atomic E-state index is -0.709. The number of carbonyl (C=O) groups is 3. The molecule has 9 heteroatoms. The van der Waals surface area contributed by atoms with E-state index in [-0.39, 0.29) is 19.1 Å². The zero-order valence-electron chi connectivity index (χ0n) is 12.4. The first-order valence-electron chi connectivity index (χ1n) is 6.52. The molecule has 0 bridgehead atoms. The summed E-state index contributed by atoms with van der Waals surface area (Å²) in [6.07, 6.45) is 0. The molecule has 0 aliphatic heterocycles. The maximum atomic E-state index is 11.6. The molecule has 21 heavy (non-hydrogen) atoms. The van der Waals surface area contributed by atoms with E-state index in [0.29, 0.717) is 11.5 Å². The fourth-order valence-corrected chi connectivity index (χ4v) is 3.47. The Morgan fingerprint density at radius 2 is 1.57 bits per heavy atom. The molecule has 1 amide bonds. The fourth-order valence-electron chi connectivity index (χ4n) is 1.21. The predicted octanol–water partition coefficient (Wildman–Crippen LogP) is 0.326. The summed E-state index contributed by atoms with van der Waals surface area (Å²) in [6, 6.07) is -1.41. The van der Waals surface area contributed by atoms with E-state index in [1.165, 1.54) is 28.5 Å². The Morgan fingerprint density at radius 1 is 1.05 bits per heavy atom. The molecule has 0 aliphatic rings. The second kappa shape index (κ2) is 11.7. The van der Waals surface area contributed by atoms with Crippen molar-refractivity contribution < 1.29 is 23.9 Å². The average molecular weight is 338 g/mol. The number of amides is 1. The topological polar surface area (TPSA) is 108 Å². The van der Waals surface area contributed by atoms with Crippen LogP contribution in [0.5, 0.6) is 0 Å². The predicted molar refractivity (Wildman–Crippen MR) is 83.8 cm³/mol. The molecule has 0 aromatic heterocycles. The zero-order chi connectivity index (χ0) is 16.3. The van der Waals surface area contributed by atoms with E-state index < -0.39 is 24.0 Å². The van der Waals surface area contributed by atoms with Crippen LogP contribution in [-0.4, -0.2) is 54.6 Å². The molecule has 0 aromatic rings. The van der Waals surface area contributed by atoms with E-state index in [9.17, 15) is 14.4 Å². The third kappa shape index (κ3) is 9.59. The van der Waals surface area contributed by atoms with Gasteiger partial charge in [-0.2, -0.15) is 0 Å². The number of esters is 2. The molecular weight excluding hydrogens is 316 g/mol. The molecule has 7 nitrogen and oxygen atoms in total. The lowest BCUT2D eigenvalue weighted by molar-refractivity contribution is -0.146. The first-order valence-corrected chi connectivity index (χ1v) is 9.01. The number of hydrogen-bond acceptors (Lipinski definition) is 8. The maximum absolute atomic E-state index is 11.6. The van der Waals surface area contributed by atoms with Crippen molar-refractivity contribution in [1.29, 1.82) is 0 Å². The van der Waals surface area contributed by atoms with E-state index in [1.54, 1.807) is 13.8 Å². The highest BCUT2D eigenvalue weighted by atomic mass is 33.1. The lowest BCUT2D eigenvalue weighted by atomic mass is 10.3. The molecular formula is C12H22N2O5S2. The van der Waals surface area contributed by atoms with Crippen molar-refractivity contribution in [3.63, 3.8) is 0 Å². The summed E-state index contributed by atoms with van der Waals surface area (Å²) >= 11 is 0. The Hall–Kier alpha value is -0.930. The van der Waals surface area contributed by atoms with Gasteiger partial charge in [0, 0.05) is 18.4 Å². The van der Waals surface area contributed by atoms with E-state index in [4.69, 9.17) is 15.2 Å². The molecule has 0 aromatic carbocycles. The van der Waals surface area contributed by atoms with Gasteiger partial charge in [-0.25, -0.2) is 4.79 Å². The molecule has 0 fully saturated rings. The molecule has 0 aliphatic carbocycles. The molecule has 0 heterocycles. The number of carbonyl (C=O) groups excluding carboxylic acids is 3. The van der Waals surface area contributed by atoms with Gasteiger partial charge in [0.1, 0.15) is 12.1 Å². The zero-order valence-corrected chi connectivity index (χ0v) is 14.1. The number of ether oxygens (including phenoxy) is 2. The van der Waals surface area contributed by atoms with Crippen molar-refractivity contribution in [2.24, 2.45) is 5.73 Å². The Labute approximate surface area is 132 Å². The Kier molecular flexibility index (Phi) is 11.2. The quantitative estimate of drug-likeness (QED) is 0.333. The van der Waals surface area contributed by atoms with Crippen LogP contribution in [0, 0.1) is 0 Å². The van der Waals surface area contributed by atoms with Crippen LogP contribution < -0.4 is 11.1 Å². The van der Waals surface area contributed by atoms with Crippen LogP contribution in [0.15, 0.2) is 0 Å². The third-order valence-electron chi connectivity index (χ3n) is 2.10. The standard InChI is InChI=1S/C12H22N2O5S2/c1-4-18-11(16)9(13)6-20-21-7-10(14-8(3)15)12(17)19-5-2/h9-10H,4-7,13H2,1-3H3,(H,14,15)/t9-,10-/m0/s1. The Morgan fingerprint density at radius 3 is 2.10 bits per heavy atom. The summed E-state index contributed by atoms with van der Waals surface area (Å²) in [5.74, 6) is -0.538. The first kappa shape index (κ1) is 20.1. The average Bonchev–Trinajstić information content (AvgIpc) is 2.41. The van der Waals surface area contributed by atoms with Gasteiger partial charge in [0.2, 0.25) is 5.91 Å². The first-order chi connectivity index (χ1) is 9.92. The molecule has 3 N–H and O–H groups in total. The molecule has 0 rings (SSSR count). The summed E-state index contributed by atoms with van der Waals surface area (Å²) in [5, 5.41) is 2.53. The van der Waals surface area contributed by atoms with E-state index in [0.717, 1.165) is 0 Å². The van der Waals surface area contributed by atoms with E-state index >= 15 is 0 Å². The van der Waals surface area contributed by atoms with E-state index in [2.05, 4.69) is 5.32 Å². The summed E-state index contributed by atoms with van der Waals surface area (Å²) in [7, 11) is 2.67. The van der Waals surface area contributed by atoms with Gasteiger partial charge in [-0.3, -0.25) is 9.59 Å². The monoisotopic (exact) mass is 338 g/mol. The summed E-state index contributed by atoms with van der Waals surface area (Å²) in [4.78, 5) is 34.0. The van der Waals surface area contributed by atoms with Gasteiger partial charge in [0.05, 0.1) is 13.2 Å². The largest absolute Gasteiger partial charge is 0.465 e. The highest BCUT2D eigenvalue weighted by molar-refractivity contribution is 8.76. The van der Waals surface area contributed by atoms with Crippen LogP contribution in [-0.2, 0) is 23.9 Å². The minimum absolute atomic E-state index is 0.250. The molecule has 0 radical (unpaired) electrons. The molecule has 122 valence electrons. The molecule has 0 spiro atoms. The summed E-state index contributed by atoms with van der Waals surface area (Å²) < 4.78 is 9.67. The molecule has 0 saturated carbocycles. The number of nitrogens with two attached hydrogens (primary N) is 1. The SMILES string of the molecule is CCOC(=O)[C@H](CSSC[C@H](N)C(=O)OCC)NC(C)=O. The lowest BCUT2D eigenvalue weighted by Crippen LogP contribution is -2.42.